The average molecular weight is 262 g/mol. The third kappa shape index (κ3) is 4.94. The summed E-state index contributed by atoms with van der Waals surface area (Å²) in [5.74, 6) is 0. The van der Waals surface area contributed by atoms with E-state index in [1.165, 1.54) is 24.0 Å². The van der Waals surface area contributed by atoms with Crippen LogP contribution >= 0.6 is 0 Å². The Morgan fingerprint density at radius 2 is 1.84 bits per heavy atom. The first-order valence-corrected chi connectivity index (χ1v) is 7.47. The van der Waals surface area contributed by atoms with Crippen molar-refractivity contribution in [1.29, 1.82) is 0 Å². The van der Waals surface area contributed by atoms with Gasteiger partial charge in [0.25, 0.3) is 0 Å². The largest absolute Gasteiger partial charge is 0.380 e. The molecule has 1 aromatic rings. The molecule has 0 unspecified atom stereocenters. The lowest BCUT2D eigenvalue weighted by Gasteiger charge is -2.15. The Balaban J connectivity index is 1.49. The van der Waals surface area contributed by atoms with Gasteiger partial charge in [0.05, 0.1) is 6.61 Å². The smallest absolute Gasteiger partial charge is 0.0590 e. The van der Waals surface area contributed by atoms with Gasteiger partial charge >= 0.3 is 0 Å². The van der Waals surface area contributed by atoms with Crippen molar-refractivity contribution in [1.82, 2.24) is 10.2 Å². The van der Waals surface area contributed by atoms with Crippen LogP contribution in [0.15, 0.2) is 24.3 Å². The summed E-state index contributed by atoms with van der Waals surface area (Å²) < 4.78 is 5.52. The van der Waals surface area contributed by atoms with E-state index < -0.39 is 0 Å². The molecule has 0 saturated heterocycles. The van der Waals surface area contributed by atoms with Crippen molar-refractivity contribution in [2.75, 3.05) is 32.8 Å². The molecule has 1 aromatic carbocycles. The van der Waals surface area contributed by atoms with E-state index >= 15 is 0 Å². The van der Waals surface area contributed by atoms with Gasteiger partial charge in [0.15, 0.2) is 0 Å². The van der Waals surface area contributed by atoms with E-state index in [9.17, 15) is 0 Å². The number of benzene rings is 1. The molecule has 1 N–H and O–H groups in total. The summed E-state index contributed by atoms with van der Waals surface area (Å²) in [6, 6.07) is 8.75. The second-order valence-corrected chi connectivity index (χ2v) is 5.20. The summed E-state index contributed by atoms with van der Waals surface area (Å²) in [6.07, 6.45) is 2.38. The first kappa shape index (κ1) is 14.5. The summed E-state index contributed by atoms with van der Waals surface area (Å²) in [7, 11) is 0. The number of ether oxygens (including phenoxy) is 1. The molecule has 1 aliphatic heterocycles. The van der Waals surface area contributed by atoms with Crippen LogP contribution in [0.3, 0.4) is 0 Å². The SMILES string of the molecule is CCCCOCCNCCN1Cc2ccccc2C1. The predicted octanol–water partition coefficient (Wildman–Crippen LogP) is 2.41. The second kappa shape index (κ2) is 8.31. The van der Waals surface area contributed by atoms with Crippen molar-refractivity contribution in [2.45, 2.75) is 32.9 Å². The molecule has 0 fully saturated rings. The number of hydrogen-bond acceptors (Lipinski definition) is 3. The van der Waals surface area contributed by atoms with Crippen LogP contribution in [-0.4, -0.2) is 37.7 Å². The topological polar surface area (TPSA) is 24.5 Å². The number of rotatable bonds is 9. The maximum atomic E-state index is 5.52. The maximum Gasteiger partial charge on any atom is 0.0590 e. The van der Waals surface area contributed by atoms with E-state index in [-0.39, 0.29) is 0 Å². The van der Waals surface area contributed by atoms with Gasteiger partial charge in [-0.25, -0.2) is 0 Å². The number of nitrogens with one attached hydrogen (secondary N) is 1. The first-order valence-electron chi connectivity index (χ1n) is 7.47. The minimum absolute atomic E-state index is 0.834. The molecule has 3 heteroatoms. The van der Waals surface area contributed by atoms with Gasteiger partial charge < -0.3 is 10.1 Å². The first-order chi connectivity index (χ1) is 9.40. The molecule has 2 rings (SSSR count). The highest BCUT2D eigenvalue weighted by atomic mass is 16.5. The standard InChI is InChI=1S/C16H26N2O/c1-2-3-11-19-12-9-17-8-10-18-13-15-6-4-5-7-16(15)14-18/h4-7,17H,2-3,8-14H2,1H3. The molecule has 3 nitrogen and oxygen atoms in total. The van der Waals surface area contributed by atoms with Gasteiger partial charge in [-0.15, -0.1) is 0 Å². The molecule has 0 radical (unpaired) electrons. The number of unbranched alkanes of at least 4 members (excludes halogenated alkanes) is 1. The van der Waals surface area contributed by atoms with Crippen molar-refractivity contribution in [3.63, 3.8) is 0 Å². The summed E-state index contributed by atoms with van der Waals surface area (Å²) in [5, 5.41) is 3.45. The van der Waals surface area contributed by atoms with Crippen molar-refractivity contribution >= 4 is 0 Å². The van der Waals surface area contributed by atoms with Crippen LogP contribution in [0, 0.1) is 0 Å². The zero-order valence-electron chi connectivity index (χ0n) is 12.0. The summed E-state index contributed by atoms with van der Waals surface area (Å²) in [5.41, 5.74) is 2.98. The van der Waals surface area contributed by atoms with Gasteiger partial charge in [-0.1, -0.05) is 37.6 Å². The molecule has 0 saturated carbocycles. The van der Waals surface area contributed by atoms with Crippen molar-refractivity contribution in [3.8, 4) is 0 Å². The van der Waals surface area contributed by atoms with E-state index in [1.54, 1.807) is 0 Å². The molecule has 0 bridgehead atoms. The molecule has 106 valence electrons. The maximum absolute atomic E-state index is 5.52. The Morgan fingerprint density at radius 3 is 2.53 bits per heavy atom. The number of nitrogens with zero attached hydrogens (tertiary/aromatic N) is 1. The number of fused-ring (bicyclic) bond motifs is 1. The van der Waals surface area contributed by atoms with Crippen LogP contribution < -0.4 is 5.32 Å². The van der Waals surface area contributed by atoms with E-state index in [1.807, 2.05) is 0 Å². The van der Waals surface area contributed by atoms with Gasteiger partial charge in [-0.2, -0.15) is 0 Å². The number of hydrogen-bond donors (Lipinski definition) is 1. The molecule has 1 aliphatic rings. The second-order valence-electron chi connectivity index (χ2n) is 5.20. The lowest BCUT2D eigenvalue weighted by Crippen LogP contribution is -2.30. The Hall–Kier alpha value is -0.900. The molecular weight excluding hydrogens is 236 g/mol. The average Bonchev–Trinajstić information content (AvgIpc) is 2.84. The minimum atomic E-state index is 0.834. The third-order valence-electron chi connectivity index (χ3n) is 3.58. The Kier molecular flexibility index (Phi) is 6.34. The van der Waals surface area contributed by atoms with Gasteiger partial charge in [0.2, 0.25) is 0 Å². The molecule has 0 atom stereocenters. The van der Waals surface area contributed by atoms with Crippen molar-refractivity contribution in [3.05, 3.63) is 35.4 Å². The Labute approximate surface area is 116 Å². The monoisotopic (exact) mass is 262 g/mol. The highest BCUT2D eigenvalue weighted by molar-refractivity contribution is 5.30. The summed E-state index contributed by atoms with van der Waals surface area (Å²) in [6.45, 7) is 9.25. The summed E-state index contributed by atoms with van der Waals surface area (Å²) >= 11 is 0. The molecule has 19 heavy (non-hydrogen) atoms. The van der Waals surface area contributed by atoms with Crippen LogP contribution in [0.25, 0.3) is 0 Å². The molecule has 0 aliphatic carbocycles. The molecular formula is C16H26N2O. The van der Waals surface area contributed by atoms with Crippen LogP contribution in [-0.2, 0) is 17.8 Å². The van der Waals surface area contributed by atoms with E-state index in [0.29, 0.717) is 0 Å². The van der Waals surface area contributed by atoms with Crippen molar-refractivity contribution < 1.29 is 4.74 Å². The zero-order chi connectivity index (χ0) is 13.3. The Bertz CT molecular complexity index is 343. The highest BCUT2D eigenvalue weighted by Gasteiger charge is 2.16. The third-order valence-corrected chi connectivity index (χ3v) is 3.58. The predicted molar refractivity (Wildman–Crippen MR) is 79.2 cm³/mol. The normalized spacial score (nSPS) is 14.8. The molecule has 1 heterocycles. The van der Waals surface area contributed by atoms with Crippen LogP contribution in [0.2, 0.25) is 0 Å². The fourth-order valence-corrected chi connectivity index (χ4v) is 2.42. The van der Waals surface area contributed by atoms with Crippen LogP contribution in [0.4, 0.5) is 0 Å². The van der Waals surface area contributed by atoms with Gasteiger partial charge in [0.1, 0.15) is 0 Å². The highest BCUT2D eigenvalue weighted by Crippen LogP contribution is 2.21. The quantitative estimate of drug-likeness (QED) is 0.692. The van der Waals surface area contributed by atoms with Crippen molar-refractivity contribution in [2.24, 2.45) is 0 Å². The van der Waals surface area contributed by atoms with E-state index in [2.05, 4.69) is 41.4 Å². The van der Waals surface area contributed by atoms with Crippen LogP contribution in [0.1, 0.15) is 30.9 Å². The minimum Gasteiger partial charge on any atom is -0.380 e. The molecule has 0 aromatic heterocycles. The Morgan fingerprint density at radius 1 is 1.11 bits per heavy atom. The van der Waals surface area contributed by atoms with Gasteiger partial charge in [0, 0.05) is 39.3 Å². The molecule has 0 amide bonds. The van der Waals surface area contributed by atoms with Crippen LogP contribution in [0.5, 0.6) is 0 Å². The molecule has 0 spiro atoms. The van der Waals surface area contributed by atoms with E-state index in [4.69, 9.17) is 4.74 Å². The van der Waals surface area contributed by atoms with Gasteiger partial charge in [-0.05, 0) is 17.5 Å². The lowest BCUT2D eigenvalue weighted by molar-refractivity contribution is 0.132. The summed E-state index contributed by atoms with van der Waals surface area (Å²) in [4.78, 5) is 2.50. The lowest BCUT2D eigenvalue weighted by atomic mass is 10.1. The van der Waals surface area contributed by atoms with Gasteiger partial charge in [-0.3, -0.25) is 4.90 Å². The fourth-order valence-electron chi connectivity index (χ4n) is 2.42. The van der Waals surface area contributed by atoms with E-state index in [0.717, 1.165) is 45.9 Å². The fraction of sp³-hybridized carbons (Fsp3) is 0.625. The zero-order valence-corrected chi connectivity index (χ0v) is 12.0.